The van der Waals surface area contributed by atoms with E-state index in [1.807, 2.05) is 0 Å². The van der Waals surface area contributed by atoms with Gasteiger partial charge >= 0.3 is 0 Å². The summed E-state index contributed by atoms with van der Waals surface area (Å²) in [6.45, 7) is 6.40. The molecule has 0 aliphatic carbocycles. The number of aliphatic hydroxyl groups excluding tert-OH is 2. The first-order chi connectivity index (χ1) is 11.2. The maximum atomic E-state index is 12.5. The molecule has 2 fully saturated rings. The first-order valence-electron chi connectivity index (χ1n) is 7.34. The molecule has 2 heterocycles. The molecule has 0 spiro atoms. The van der Waals surface area contributed by atoms with E-state index in [0.717, 1.165) is 0 Å². The van der Waals surface area contributed by atoms with Crippen LogP contribution in [0.2, 0.25) is 0 Å². The molecule has 2 amide bonds. The largest absolute Gasteiger partial charge is 0.394 e. The summed E-state index contributed by atoms with van der Waals surface area (Å²) in [6, 6.07) is 0. The molecule has 2 saturated heterocycles. The van der Waals surface area contributed by atoms with Gasteiger partial charge in [-0.1, -0.05) is 6.08 Å². The summed E-state index contributed by atoms with van der Waals surface area (Å²) in [5.74, 6) is -2.28. The van der Waals surface area contributed by atoms with Gasteiger partial charge in [0.2, 0.25) is 0 Å². The lowest BCUT2D eigenvalue weighted by Crippen LogP contribution is -2.54. The average molecular weight is 356 g/mol. The van der Waals surface area contributed by atoms with Crippen molar-refractivity contribution >= 4 is 29.1 Å². The lowest BCUT2D eigenvalue weighted by molar-refractivity contribution is -0.155. The number of carbonyl (C=O) groups excluding carboxylic acids is 2. The molecule has 0 unspecified atom stereocenters. The van der Waals surface area contributed by atoms with Gasteiger partial charge in [-0.3, -0.25) is 19.8 Å². The summed E-state index contributed by atoms with van der Waals surface area (Å²) >= 11 is 4.97. The van der Waals surface area contributed by atoms with E-state index in [2.05, 4.69) is 11.9 Å². The molecule has 0 aromatic rings. The maximum Gasteiger partial charge on any atom is 0.265 e. The number of amides is 2. The van der Waals surface area contributed by atoms with E-state index in [1.165, 1.54) is 17.1 Å². The lowest BCUT2D eigenvalue weighted by atomic mass is 10.0. The molecule has 3 atom stereocenters. The number of aliphatic hydroxyl groups is 2. The van der Waals surface area contributed by atoms with Gasteiger partial charge in [0.05, 0.1) is 6.61 Å². The van der Waals surface area contributed by atoms with Crippen molar-refractivity contribution in [3.8, 4) is 0 Å². The molecule has 2 aliphatic rings. The van der Waals surface area contributed by atoms with Crippen LogP contribution in [0.5, 0.6) is 0 Å². The standard InChI is InChI=1S/C15H20N2O6S/c1-4-5-17-13(21)8(12(20)16-14(17)24)6-10-11(9(19)7-18)23-15(2,3)22-10/h4,6,9-11,18-19H,1,5,7H2,2-3H3,(H,16,20,24)/b8-6-/t9-,10-,11+/m0/s1. The van der Waals surface area contributed by atoms with Gasteiger partial charge in [0.15, 0.2) is 10.9 Å². The van der Waals surface area contributed by atoms with Crippen molar-refractivity contribution in [1.82, 2.24) is 10.2 Å². The number of hydrogen-bond donors (Lipinski definition) is 3. The van der Waals surface area contributed by atoms with Gasteiger partial charge in [0, 0.05) is 6.54 Å². The lowest BCUT2D eigenvalue weighted by Gasteiger charge is -2.28. The number of rotatable bonds is 5. The van der Waals surface area contributed by atoms with Gasteiger partial charge < -0.3 is 19.7 Å². The Morgan fingerprint density at radius 2 is 2.12 bits per heavy atom. The van der Waals surface area contributed by atoms with Crippen LogP contribution in [0.4, 0.5) is 0 Å². The molecule has 3 N–H and O–H groups in total. The molecule has 2 rings (SSSR count). The monoisotopic (exact) mass is 356 g/mol. The van der Waals surface area contributed by atoms with Crippen LogP contribution in [0.3, 0.4) is 0 Å². The Morgan fingerprint density at radius 1 is 1.46 bits per heavy atom. The molecular formula is C15H20N2O6S. The van der Waals surface area contributed by atoms with Crippen LogP contribution < -0.4 is 5.32 Å². The second-order valence-corrected chi connectivity index (χ2v) is 6.25. The number of ether oxygens (including phenoxy) is 2. The van der Waals surface area contributed by atoms with E-state index in [1.54, 1.807) is 13.8 Å². The predicted octanol–water partition coefficient (Wildman–Crippen LogP) is -0.785. The fourth-order valence-corrected chi connectivity index (χ4v) is 2.77. The number of thiocarbonyl (C=S) groups is 1. The summed E-state index contributed by atoms with van der Waals surface area (Å²) in [4.78, 5) is 25.8. The summed E-state index contributed by atoms with van der Waals surface area (Å²) in [7, 11) is 0. The third-order valence-electron chi connectivity index (χ3n) is 3.56. The molecular weight excluding hydrogens is 336 g/mol. The van der Waals surface area contributed by atoms with Gasteiger partial charge in [-0.15, -0.1) is 6.58 Å². The van der Waals surface area contributed by atoms with Crippen molar-refractivity contribution in [2.24, 2.45) is 0 Å². The van der Waals surface area contributed by atoms with E-state index >= 15 is 0 Å². The minimum Gasteiger partial charge on any atom is -0.394 e. The summed E-state index contributed by atoms with van der Waals surface area (Å²) in [6.07, 6.45) is -0.256. The second kappa shape index (κ2) is 7.08. The zero-order valence-corrected chi connectivity index (χ0v) is 14.2. The molecule has 24 heavy (non-hydrogen) atoms. The zero-order chi connectivity index (χ0) is 18.1. The van der Waals surface area contributed by atoms with E-state index in [0.29, 0.717) is 0 Å². The Balaban J connectivity index is 2.32. The Hall–Kier alpha value is -1.65. The van der Waals surface area contributed by atoms with E-state index in [4.69, 9.17) is 26.8 Å². The van der Waals surface area contributed by atoms with Crippen LogP contribution in [0.15, 0.2) is 24.3 Å². The Kier molecular flexibility index (Phi) is 5.51. The van der Waals surface area contributed by atoms with Crippen molar-refractivity contribution in [2.75, 3.05) is 13.2 Å². The summed E-state index contributed by atoms with van der Waals surface area (Å²) in [5.41, 5.74) is -0.174. The van der Waals surface area contributed by atoms with Crippen molar-refractivity contribution in [1.29, 1.82) is 0 Å². The SMILES string of the molecule is C=CCN1C(=O)/C(=C\[C@@H]2OC(C)(C)O[C@@H]2[C@@H](O)CO)C(=O)NC1=S. The Labute approximate surface area is 144 Å². The minimum atomic E-state index is -1.22. The van der Waals surface area contributed by atoms with Crippen LogP contribution in [-0.4, -0.2) is 69.3 Å². The fourth-order valence-electron chi connectivity index (χ4n) is 2.52. The molecule has 0 aromatic heterocycles. The molecule has 0 radical (unpaired) electrons. The highest BCUT2D eigenvalue weighted by atomic mass is 32.1. The number of carbonyl (C=O) groups is 2. The summed E-state index contributed by atoms with van der Waals surface area (Å²) < 4.78 is 11.2. The predicted molar refractivity (Wildman–Crippen MR) is 87.7 cm³/mol. The highest BCUT2D eigenvalue weighted by Gasteiger charge is 2.45. The van der Waals surface area contributed by atoms with Crippen LogP contribution in [0, 0.1) is 0 Å². The van der Waals surface area contributed by atoms with Crippen molar-refractivity contribution in [3.63, 3.8) is 0 Å². The molecule has 0 saturated carbocycles. The molecule has 132 valence electrons. The normalized spacial score (nSPS) is 29.8. The van der Waals surface area contributed by atoms with Gasteiger partial charge in [0.25, 0.3) is 11.8 Å². The Morgan fingerprint density at radius 3 is 2.71 bits per heavy atom. The third kappa shape index (κ3) is 3.70. The van der Waals surface area contributed by atoms with Crippen LogP contribution in [0.25, 0.3) is 0 Å². The Bertz CT molecular complexity index is 603. The highest BCUT2D eigenvalue weighted by molar-refractivity contribution is 7.80. The van der Waals surface area contributed by atoms with E-state index in [-0.39, 0.29) is 17.2 Å². The highest BCUT2D eigenvalue weighted by Crippen LogP contribution is 2.31. The molecule has 0 bridgehead atoms. The van der Waals surface area contributed by atoms with Crippen molar-refractivity contribution < 1.29 is 29.3 Å². The van der Waals surface area contributed by atoms with Gasteiger partial charge in [0.1, 0.15) is 23.9 Å². The molecule has 9 heteroatoms. The molecule has 0 aromatic carbocycles. The number of nitrogens with one attached hydrogen (secondary N) is 1. The topological polar surface area (TPSA) is 108 Å². The van der Waals surface area contributed by atoms with Crippen molar-refractivity contribution in [3.05, 3.63) is 24.3 Å². The quantitative estimate of drug-likeness (QED) is 0.257. The van der Waals surface area contributed by atoms with Crippen LogP contribution in [-0.2, 0) is 19.1 Å². The first-order valence-corrected chi connectivity index (χ1v) is 7.75. The van der Waals surface area contributed by atoms with Gasteiger partial charge in [-0.05, 0) is 32.1 Å². The third-order valence-corrected chi connectivity index (χ3v) is 3.88. The van der Waals surface area contributed by atoms with E-state index < -0.39 is 42.5 Å². The van der Waals surface area contributed by atoms with Gasteiger partial charge in [-0.25, -0.2) is 0 Å². The second-order valence-electron chi connectivity index (χ2n) is 5.86. The van der Waals surface area contributed by atoms with Gasteiger partial charge in [-0.2, -0.15) is 0 Å². The zero-order valence-electron chi connectivity index (χ0n) is 13.4. The maximum absolute atomic E-state index is 12.5. The summed E-state index contributed by atoms with van der Waals surface area (Å²) in [5, 5.41) is 21.5. The average Bonchev–Trinajstić information content (AvgIpc) is 2.81. The number of nitrogens with zero attached hydrogens (tertiary/aromatic N) is 1. The first kappa shape index (κ1) is 18.7. The van der Waals surface area contributed by atoms with Crippen LogP contribution >= 0.6 is 12.2 Å². The minimum absolute atomic E-state index is 0.00193. The van der Waals surface area contributed by atoms with Crippen molar-refractivity contribution in [2.45, 2.75) is 37.9 Å². The van der Waals surface area contributed by atoms with Crippen LogP contribution in [0.1, 0.15) is 13.8 Å². The molecule has 2 aliphatic heterocycles. The smallest absolute Gasteiger partial charge is 0.265 e. The fraction of sp³-hybridized carbons (Fsp3) is 0.533. The number of hydrogen-bond acceptors (Lipinski definition) is 7. The van der Waals surface area contributed by atoms with E-state index in [9.17, 15) is 14.7 Å². The molecule has 8 nitrogen and oxygen atoms in total.